The molecule has 1 fully saturated rings. The van der Waals surface area contributed by atoms with E-state index in [1.807, 2.05) is 6.92 Å². The van der Waals surface area contributed by atoms with E-state index in [1.54, 1.807) is 4.68 Å². The molecule has 0 spiro atoms. The van der Waals surface area contributed by atoms with E-state index >= 15 is 0 Å². The summed E-state index contributed by atoms with van der Waals surface area (Å²) in [5.74, 6) is -1.56. The van der Waals surface area contributed by atoms with Crippen molar-refractivity contribution in [3.8, 4) is 11.4 Å². The number of tetrazole rings is 1. The van der Waals surface area contributed by atoms with Crippen molar-refractivity contribution in [3.05, 3.63) is 23.8 Å². The largest absolute Gasteiger partial charge is 0.398 e. The van der Waals surface area contributed by atoms with Gasteiger partial charge in [-0.3, -0.25) is 0 Å². The molecule has 1 aromatic heterocycles. The van der Waals surface area contributed by atoms with Gasteiger partial charge >= 0.3 is 0 Å². The summed E-state index contributed by atoms with van der Waals surface area (Å²) >= 11 is 0. The Bertz CT molecular complexity index is 633. The van der Waals surface area contributed by atoms with Gasteiger partial charge in [0.1, 0.15) is 0 Å². The van der Waals surface area contributed by atoms with Crippen LogP contribution in [0.15, 0.2) is 12.1 Å². The van der Waals surface area contributed by atoms with E-state index < -0.39 is 11.6 Å². The van der Waals surface area contributed by atoms with Crippen LogP contribution in [0, 0.1) is 11.6 Å². The third-order valence-corrected chi connectivity index (χ3v) is 3.74. The average Bonchev–Trinajstić information content (AvgIpc) is 2.80. The van der Waals surface area contributed by atoms with Gasteiger partial charge in [-0.05, 0) is 42.7 Å². The summed E-state index contributed by atoms with van der Waals surface area (Å²) in [5.41, 5.74) is 6.01. The SMILES string of the molecule is CC1(n2nnnc2-c2cc(F)c(F)cc2N)CCC1. The molecule has 100 valence electrons. The first-order chi connectivity index (χ1) is 9.01. The zero-order chi connectivity index (χ0) is 13.6. The summed E-state index contributed by atoms with van der Waals surface area (Å²) in [6.07, 6.45) is 3.01. The molecule has 2 N–H and O–H groups in total. The van der Waals surface area contributed by atoms with Gasteiger partial charge in [0, 0.05) is 17.3 Å². The van der Waals surface area contributed by atoms with Gasteiger partial charge in [-0.25, -0.2) is 13.5 Å². The molecule has 3 rings (SSSR count). The molecule has 1 heterocycles. The van der Waals surface area contributed by atoms with Crippen LogP contribution in [-0.2, 0) is 5.54 Å². The van der Waals surface area contributed by atoms with E-state index in [0.717, 1.165) is 31.4 Å². The molecule has 0 aliphatic heterocycles. The Labute approximate surface area is 108 Å². The zero-order valence-electron chi connectivity index (χ0n) is 10.4. The molecule has 1 aromatic carbocycles. The first-order valence-corrected chi connectivity index (χ1v) is 6.05. The van der Waals surface area contributed by atoms with E-state index in [4.69, 9.17) is 5.73 Å². The van der Waals surface area contributed by atoms with Crippen LogP contribution in [0.25, 0.3) is 11.4 Å². The lowest BCUT2D eigenvalue weighted by molar-refractivity contribution is 0.148. The fourth-order valence-corrected chi connectivity index (χ4v) is 2.37. The van der Waals surface area contributed by atoms with Gasteiger partial charge in [-0.15, -0.1) is 5.10 Å². The molecule has 1 aliphatic rings. The normalized spacial score (nSPS) is 17.2. The van der Waals surface area contributed by atoms with Crippen molar-refractivity contribution in [1.29, 1.82) is 0 Å². The van der Waals surface area contributed by atoms with Gasteiger partial charge in [-0.2, -0.15) is 0 Å². The third-order valence-electron chi connectivity index (χ3n) is 3.74. The third kappa shape index (κ3) is 1.76. The zero-order valence-corrected chi connectivity index (χ0v) is 10.4. The van der Waals surface area contributed by atoms with Crippen LogP contribution in [0.5, 0.6) is 0 Å². The number of benzene rings is 1. The number of hydrogen-bond acceptors (Lipinski definition) is 4. The average molecular weight is 265 g/mol. The molecule has 2 aromatic rings. The number of aromatic nitrogens is 4. The van der Waals surface area contributed by atoms with Crippen LogP contribution < -0.4 is 5.73 Å². The lowest BCUT2D eigenvalue weighted by atomic mass is 9.78. The van der Waals surface area contributed by atoms with Gasteiger partial charge in [0.15, 0.2) is 17.5 Å². The van der Waals surface area contributed by atoms with Crippen LogP contribution in [-0.4, -0.2) is 20.2 Å². The highest BCUT2D eigenvalue weighted by molar-refractivity contribution is 5.71. The van der Waals surface area contributed by atoms with E-state index in [9.17, 15) is 8.78 Å². The second-order valence-corrected chi connectivity index (χ2v) is 5.12. The van der Waals surface area contributed by atoms with Crippen LogP contribution >= 0.6 is 0 Å². The van der Waals surface area contributed by atoms with Crippen molar-refractivity contribution in [2.24, 2.45) is 0 Å². The van der Waals surface area contributed by atoms with Gasteiger partial charge < -0.3 is 5.73 Å². The monoisotopic (exact) mass is 265 g/mol. The number of nitrogens with zero attached hydrogens (tertiary/aromatic N) is 4. The Morgan fingerprint density at radius 2 is 1.95 bits per heavy atom. The first-order valence-electron chi connectivity index (χ1n) is 6.05. The van der Waals surface area contributed by atoms with Crippen molar-refractivity contribution in [2.75, 3.05) is 5.73 Å². The van der Waals surface area contributed by atoms with Crippen LogP contribution in [0.2, 0.25) is 0 Å². The second-order valence-electron chi connectivity index (χ2n) is 5.12. The molecule has 1 aliphatic carbocycles. The molecule has 0 saturated heterocycles. The van der Waals surface area contributed by atoms with Crippen LogP contribution in [0.4, 0.5) is 14.5 Å². The highest BCUT2D eigenvalue weighted by atomic mass is 19.2. The van der Waals surface area contributed by atoms with E-state index in [0.29, 0.717) is 11.4 Å². The van der Waals surface area contributed by atoms with E-state index in [-0.39, 0.29) is 11.2 Å². The number of nitrogens with two attached hydrogens (primary N) is 1. The highest BCUT2D eigenvalue weighted by Gasteiger charge is 2.37. The van der Waals surface area contributed by atoms with Gasteiger partial charge in [0.25, 0.3) is 0 Å². The van der Waals surface area contributed by atoms with Gasteiger partial charge in [0.05, 0.1) is 5.54 Å². The highest BCUT2D eigenvalue weighted by Crippen LogP contribution is 2.40. The molecule has 0 unspecified atom stereocenters. The second kappa shape index (κ2) is 3.97. The predicted molar refractivity (Wildman–Crippen MR) is 65.1 cm³/mol. The Hall–Kier alpha value is -2.05. The number of hydrogen-bond donors (Lipinski definition) is 1. The predicted octanol–water partition coefficient (Wildman–Crippen LogP) is 2.10. The Balaban J connectivity index is 2.13. The Morgan fingerprint density at radius 1 is 1.26 bits per heavy atom. The van der Waals surface area contributed by atoms with Crippen LogP contribution in [0.3, 0.4) is 0 Å². The van der Waals surface area contributed by atoms with E-state index in [2.05, 4.69) is 15.5 Å². The summed E-state index contributed by atoms with van der Waals surface area (Å²) in [5, 5.41) is 11.5. The van der Waals surface area contributed by atoms with E-state index in [1.165, 1.54) is 0 Å². The number of rotatable bonds is 2. The minimum Gasteiger partial charge on any atom is -0.398 e. The molecular weight excluding hydrogens is 252 g/mol. The minimum atomic E-state index is -0.977. The summed E-state index contributed by atoms with van der Waals surface area (Å²) in [7, 11) is 0. The Kier molecular flexibility index (Phi) is 2.51. The number of halogens is 2. The fraction of sp³-hybridized carbons (Fsp3) is 0.417. The molecule has 1 saturated carbocycles. The Morgan fingerprint density at radius 3 is 2.58 bits per heavy atom. The number of anilines is 1. The molecule has 7 heteroatoms. The van der Waals surface area contributed by atoms with Crippen molar-refractivity contribution in [1.82, 2.24) is 20.2 Å². The molecule has 0 radical (unpaired) electrons. The minimum absolute atomic E-state index is 0.123. The van der Waals surface area contributed by atoms with Crippen molar-refractivity contribution in [2.45, 2.75) is 31.7 Å². The maximum atomic E-state index is 13.4. The summed E-state index contributed by atoms with van der Waals surface area (Å²) < 4.78 is 28.1. The smallest absolute Gasteiger partial charge is 0.184 e. The lowest BCUT2D eigenvalue weighted by Crippen LogP contribution is -2.38. The quantitative estimate of drug-likeness (QED) is 0.844. The fourth-order valence-electron chi connectivity index (χ4n) is 2.37. The van der Waals surface area contributed by atoms with Gasteiger partial charge in [0.2, 0.25) is 0 Å². The number of nitrogen functional groups attached to an aromatic ring is 1. The lowest BCUT2D eigenvalue weighted by Gasteiger charge is -2.38. The van der Waals surface area contributed by atoms with Crippen LogP contribution in [0.1, 0.15) is 26.2 Å². The maximum absolute atomic E-state index is 13.4. The molecule has 19 heavy (non-hydrogen) atoms. The first kappa shape index (κ1) is 12.0. The van der Waals surface area contributed by atoms with Crippen molar-refractivity contribution < 1.29 is 8.78 Å². The molecule has 0 amide bonds. The van der Waals surface area contributed by atoms with Gasteiger partial charge in [-0.1, -0.05) is 0 Å². The molecule has 5 nitrogen and oxygen atoms in total. The summed E-state index contributed by atoms with van der Waals surface area (Å²) in [6.45, 7) is 2.03. The molecule has 0 bridgehead atoms. The standard InChI is InChI=1S/C12H13F2N5/c1-12(3-2-4-12)19-11(16-17-18-19)7-5-8(13)9(14)6-10(7)15/h5-6H,2-4,15H2,1H3. The topological polar surface area (TPSA) is 69.6 Å². The van der Waals surface area contributed by atoms with Crippen molar-refractivity contribution in [3.63, 3.8) is 0 Å². The summed E-state index contributed by atoms with van der Waals surface area (Å²) in [4.78, 5) is 0. The van der Waals surface area contributed by atoms with Crippen molar-refractivity contribution >= 4 is 5.69 Å². The molecular formula is C12H13F2N5. The molecule has 0 atom stereocenters. The maximum Gasteiger partial charge on any atom is 0.184 e. The summed E-state index contributed by atoms with van der Waals surface area (Å²) in [6, 6.07) is 1.99.